The Hall–Kier alpha value is -1.05. The normalized spacial score (nSPS) is 22.1. The van der Waals surface area contributed by atoms with Gasteiger partial charge in [0.25, 0.3) is 0 Å². The van der Waals surface area contributed by atoms with E-state index in [1.54, 1.807) is 11.3 Å². The van der Waals surface area contributed by atoms with Gasteiger partial charge in [0.1, 0.15) is 5.01 Å². The van der Waals surface area contributed by atoms with Crippen molar-refractivity contribution in [1.29, 1.82) is 0 Å². The molecule has 0 bridgehead atoms. The second-order valence-corrected chi connectivity index (χ2v) is 7.07. The third-order valence-electron chi connectivity index (χ3n) is 4.57. The summed E-state index contributed by atoms with van der Waals surface area (Å²) in [7, 11) is 0. The van der Waals surface area contributed by atoms with Gasteiger partial charge >= 0.3 is 0 Å². The predicted molar refractivity (Wildman–Crippen MR) is 80.8 cm³/mol. The van der Waals surface area contributed by atoms with Crippen LogP contribution in [-0.2, 0) is 11.2 Å². The molecule has 0 radical (unpaired) electrons. The molecule has 0 atom stereocenters. The topological polar surface area (TPSA) is 64.3 Å². The molecule has 2 aromatic heterocycles. The summed E-state index contributed by atoms with van der Waals surface area (Å²) < 4.78 is 7.42. The third kappa shape index (κ3) is 2.82. The van der Waals surface area contributed by atoms with Crippen molar-refractivity contribution < 1.29 is 4.74 Å². The average Bonchev–Trinajstić information content (AvgIpc) is 3.09. The van der Waals surface area contributed by atoms with Crippen LogP contribution in [0, 0.1) is 5.92 Å². The molecule has 1 N–H and O–H groups in total. The van der Waals surface area contributed by atoms with Gasteiger partial charge in [-0.15, -0.1) is 10.2 Å². The van der Waals surface area contributed by atoms with Crippen LogP contribution in [0.2, 0.25) is 0 Å². The summed E-state index contributed by atoms with van der Waals surface area (Å²) >= 11 is 1.70. The number of hydrogen-bond acceptors (Lipinski definition) is 6. The number of nitrogens with zero attached hydrogens (tertiary/aromatic N) is 4. The largest absolute Gasteiger partial charge is 0.381 e. The molecule has 2 aliphatic heterocycles. The molecule has 7 heteroatoms. The van der Waals surface area contributed by atoms with Gasteiger partial charge in [0.05, 0.1) is 0 Å². The predicted octanol–water partition coefficient (Wildman–Crippen LogP) is 1.62. The van der Waals surface area contributed by atoms with E-state index in [2.05, 4.69) is 15.5 Å². The maximum atomic E-state index is 5.43. The van der Waals surface area contributed by atoms with E-state index in [1.807, 2.05) is 4.52 Å². The molecule has 0 unspecified atom stereocenters. The minimum absolute atomic E-state index is 0.447. The van der Waals surface area contributed by atoms with Gasteiger partial charge in [-0.05, 0) is 44.7 Å². The van der Waals surface area contributed by atoms with Crippen LogP contribution in [-0.4, -0.2) is 46.1 Å². The van der Waals surface area contributed by atoms with Crippen LogP contribution in [0.25, 0.3) is 4.96 Å². The maximum absolute atomic E-state index is 5.43. The standard InChI is InChI=1S/C14H21N5OS/c1-5-15-6-2-10(1)9-12-18-19-13(16-17-14(19)21-12)11-3-7-20-8-4-11/h10-11,15H,1-9H2. The van der Waals surface area contributed by atoms with Gasteiger partial charge in [-0.25, -0.2) is 0 Å². The molecule has 2 saturated heterocycles. The Morgan fingerprint density at radius 3 is 2.76 bits per heavy atom. The first-order valence-electron chi connectivity index (χ1n) is 7.89. The van der Waals surface area contributed by atoms with E-state index in [1.165, 1.54) is 17.8 Å². The van der Waals surface area contributed by atoms with E-state index in [9.17, 15) is 0 Å². The van der Waals surface area contributed by atoms with Crippen LogP contribution >= 0.6 is 11.3 Å². The number of hydrogen-bond donors (Lipinski definition) is 1. The SMILES string of the molecule is C1CC(Cc2nn3c(C4CCOCC4)nnc3s2)CCN1. The fraction of sp³-hybridized carbons (Fsp3) is 0.786. The zero-order valence-corrected chi connectivity index (χ0v) is 12.9. The molecule has 4 heterocycles. The molecule has 2 aromatic rings. The van der Waals surface area contributed by atoms with Gasteiger partial charge < -0.3 is 10.1 Å². The Morgan fingerprint density at radius 2 is 1.95 bits per heavy atom. The highest BCUT2D eigenvalue weighted by molar-refractivity contribution is 7.16. The van der Waals surface area contributed by atoms with Gasteiger partial charge in [0.2, 0.25) is 4.96 Å². The summed E-state index contributed by atoms with van der Waals surface area (Å²) in [5.41, 5.74) is 0. The molecule has 0 saturated carbocycles. The molecule has 0 aliphatic carbocycles. The first-order valence-corrected chi connectivity index (χ1v) is 8.71. The van der Waals surface area contributed by atoms with Crippen molar-refractivity contribution in [3.63, 3.8) is 0 Å². The second kappa shape index (κ2) is 5.98. The molecule has 114 valence electrons. The molecule has 4 rings (SSSR count). The lowest BCUT2D eigenvalue weighted by Crippen LogP contribution is -2.28. The lowest BCUT2D eigenvalue weighted by Gasteiger charge is -2.21. The van der Waals surface area contributed by atoms with E-state index < -0.39 is 0 Å². The number of nitrogens with one attached hydrogen (secondary N) is 1. The Bertz CT molecular complexity index is 598. The van der Waals surface area contributed by atoms with Crippen LogP contribution in [0.1, 0.15) is 42.4 Å². The van der Waals surface area contributed by atoms with Crippen LogP contribution in [0.15, 0.2) is 0 Å². The van der Waals surface area contributed by atoms with Crippen LogP contribution < -0.4 is 5.32 Å². The summed E-state index contributed by atoms with van der Waals surface area (Å²) in [6.45, 7) is 3.93. The van der Waals surface area contributed by atoms with Crippen molar-refractivity contribution in [2.24, 2.45) is 5.92 Å². The van der Waals surface area contributed by atoms with E-state index in [0.29, 0.717) is 5.92 Å². The summed E-state index contributed by atoms with van der Waals surface area (Å²) in [4.78, 5) is 0.945. The first kappa shape index (κ1) is 13.6. The van der Waals surface area contributed by atoms with E-state index in [0.717, 1.165) is 62.3 Å². The molecule has 0 amide bonds. The number of aromatic nitrogens is 4. The summed E-state index contributed by atoms with van der Waals surface area (Å²) in [5.74, 6) is 2.24. The maximum Gasteiger partial charge on any atom is 0.234 e. The van der Waals surface area contributed by atoms with Gasteiger partial charge in [-0.1, -0.05) is 11.3 Å². The minimum atomic E-state index is 0.447. The second-order valence-electron chi connectivity index (χ2n) is 6.03. The van der Waals surface area contributed by atoms with Crippen LogP contribution in [0.3, 0.4) is 0 Å². The monoisotopic (exact) mass is 307 g/mol. The van der Waals surface area contributed by atoms with Crippen LogP contribution in [0.4, 0.5) is 0 Å². The van der Waals surface area contributed by atoms with Crippen molar-refractivity contribution in [2.75, 3.05) is 26.3 Å². The Balaban J connectivity index is 1.53. The van der Waals surface area contributed by atoms with Gasteiger partial charge in [0.15, 0.2) is 5.82 Å². The summed E-state index contributed by atoms with van der Waals surface area (Å²) in [6, 6.07) is 0. The smallest absolute Gasteiger partial charge is 0.234 e. The molecule has 2 fully saturated rings. The van der Waals surface area contributed by atoms with Crippen molar-refractivity contribution in [1.82, 2.24) is 25.1 Å². The fourth-order valence-corrected chi connectivity index (χ4v) is 4.25. The van der Waals surface area contributed by atoms with Crippen molar-refractivity contribution in [2.45, 2.75) is 38.0 Å². The van der Waals surface area contributed by atoms with Gasteiger partial charge in [-0.2, -0.15) is 9.61 Å². The number of rotatable bonds is 3. The van der Waals surface area contributed by atoms with E-state index in [-0.39, 0.29) is 0 Å². The first-order chi connectivity index (χ1) is 10.4. The molecule has 0 aromatic carbocycles. The van der Waals surface area contributed by atoms with Crippen molar-refractivity contribution in [3.05, 3.63) is 10.8 Å². The molecule has 2 aliphatic rings. The Labute approximate surface area is 127 Å². The fourth-order valence-electron chi connectivity index (χ4n) is 3.30. The number of piperidine rings is 1. The van der Waals surface area contributed by atoms with Gasteiger partial charge in [-0.3, -0.25) is 0 Å². The molecule has 0 spiro atoms. The lowest BCUT2D eigenvalue weighted by molar-refractivity contribution is 0.0831. The number of fused-ring (bicyclic) bond motifs is 1. The molecule has 6 nitrogen and oxygen atoms in total. The Kier molecular flexibility index (Phi) is 3.87. The molecule has 21 heavy (non-hydrogen) atoms. The molecular weight excluding hydrogens is 286 g/mol. The quantitative estimate of drug-likeness (QED) is 0.933. The number of ether oxygens (including phenoxy) is 1. The Morgan fingerprint density at radius 1 is 1.14 bits per heavy atom. The summed E-state index contributed by atoms with van der Waals surface area (Å²) in [5, 5.41) is 18.1. The minimum Gasteiger partial charge on any atom is -0.381 e. The highest BCUT2D eigenvalue weighted by Gasteiger charge is 2.24. The van der Waals surface area contributed by atoms with Crippen molar-refractivity contribution in [3.8, 4) is 0 Å². The molecular formula is C14H21N5OS. The zero-order valence-electron chi connectivity index (χ0n) is 12.1. The highest BCUT2D eigenvalue weighted by Crippen LogP contribution is 2.28. The van der Waals surface area contributed by atoms with E-state index in [4.69, 9.17) is 9.84 Å². The third-order valence-corrected chi connectivity index (χ3v) is 5.49. The average molecular weight is 307 g/mol. The lowest BCUT2D eigenvalue weighted by atomic mass is 9.95. The zero-order chi connectivity index (χ0) is 14.1. The summed E-state index contributed by atoms with van der Waals surface area (Å²) in [6.07, 6.45) is 5.66. The van der Waals surface area contributed by atoms with Crippen molar-refractivity contribution >= 4 is 16.3 Å². The van der Waals surface area contributed by atoms with Crippen LogP contribution in [0.5, 0.6) is 0 Å². The van der Waals surface area contributed by atoms with Gasteiger partial charge in [0, 0.05) is 25.6 Å². The van der Waals surface area contributed by atoms with E-state index >= 15 is 0 Å². The highest BCUT2D eigenvalue weighted by atomic mass is 32.1.